The van der Waals surface area contributed by atoms with Crippen molar-refractivity contribution in [1.82, 2.24) is 5.32 Å². The number of benzene rings is 2. The lowest BCUT2D eigenvalue weighted by Crippen LogP contribution is -2.39. The molecule has 1 aromatic heterocycles. The summed E-state index contributed by atoms with van der Waals surface area (Å²) in [6, 6.07) is 19.3. The first-order valence-electron chi connectivity index (χ1n) is 9.24. The number of carbonyl (C=O) groups excluding carboxylic acids is 1. The van der Waals surface area contributed by atoms with E-state index in [9.17, 15) is 4.79 Å². The Kier molecular flexibility index (Phi) is 3.49. The van der Waals surface area contributed by atoms with Gasteiger partial charge in [0, 0.05) is 18.4 Å². The molecule has 2 bridgehead atoms. The molecule has 1 N–H and O–H groups in total. The first-order chi connectivity index (χ1) is 12.7. The summed E-state index contributed by atoms with van der Waals surface area (Å²) < 4.78 is 5.26. The van der Waals surface area contributed by atoms with Gasteiger partial charge in [-0.25, -0.2) is 0 Å². The van der Waals surface area contributed by atoms with Crippen molar-refractivity contribution in [2.45, 2.75) is 25.2 Å². The van der Waals surface area contributed by atoms with Crippen LogP contribution in [0.3, 0.4) is 0 Å². The van der Waals surface area contributed by atoms with Gasteiger partial charge in [-0.15, -0.1) is 0 Å². The molecule has 3 aliphatic carbocycles. The Morgan fingerprint density at radius 3 is 2.19 bits per heavy atom. The zero-order valence-electron chi connectivity index (χ0n) is 14.7. The molecule has 0 saturated heterocycles. The number of fused-ring (bicyclic) bond motifs is 1. The summed E-state index contributed by atoms with van der Waals surface area (Å²) in [4.78, 5) is 12.5. The van der Waals surface area contributed by atoms with Gasteiger partial charge in [0.2, 0.25) is 0 Å². The minimum absolute atomic E-state index is 0.0423. The molecule has 1 amide bonds. The molecule has 2 aromatic carbocycles. The molecule has 3 nitrogen and oxygen atoms in total. The summed E-state index contributed by atoms with van der Waals surface area (Å²) >= 11 is 0. The first-order valence-corrected chi connectivity index (χ1v) is 9.24. The van der Waals surface area contributed by atoms with Crippen LogP contribution in [0.4, 0.5) is 0 Å². The van der Waals surface area contributed by atoms with E-state index >= 15 is 0 Å². The topological polar surface area (TPSA) is 42.2 Å². The van der Waals surface area contributed by atoms with Gasteiger partial charge in [0.25, 0.3) is 5.91 Å². The first kappa shape index (κ1) is 15.4. The molecule has 1 heterocycles. The zero-order valence-corrected chi connectivity index (χ0v) is 14.7. The SMILES string of the molecule is Cc1occc1C(=O)NC[C@H]1CC2c3ccccc3C1c1ccccc12. The third-order valence-corrected chi connectivity index (χ3v) is 6.05. The Balaban J connectivity index is 1.45. The van der Waals surface area contributed by atoms with Crippen molar-refractivity contribution >= 4 is 5.91 Å². The van der Waals surface area contributed by atoms with Crippen molar-refractivity contribution in [2.24, 2.45) is 5.92 Å². The van der Waals surface area contributed by atoms with E-state index in [1.54, 1.807) is 12.3 Å². The average Bonchev–Trinajstić information content (AvgIpc) is 3.12. The van der Waals surface area contributed by atoms with Gasteiger partial charge < -0.3 is 9.73 Å². The van der Waals surface area contributed by atoms with Crippen molar-refractivity contribution in [1.29, 1.82) is 0 Å². The number of rotatable bonds is 3. The van der Waals surface area contributed by atoms with Gasteiger partial charge in [0.15, 0.2) is 0 Å². The van der Waals surface area contributed by atoms with E-state index in [2.05, 4.69) is 53.8 Å². The Morgan fingerprint density at radius 1 is 1.00 bits per heavy atom. The van der Waals surface area contributed by atoms with Gasteiger partial charge in [0.05, 0.1) is 11.8 Å². The highest BCUT2D eigenvalue weighted by Crippen LogP contribution is 2.55. The molecule has 3 aromatic rings. The van der Waals surface area contributed by atoms with Gasteiger partial charge in [-0.05, 0) is 47.6 Å². The third-order valence-electron chi connectivity index (χ3n) is 6.05. The van der Waals surface area contributed by atoms with Crippen LogP contribution in [0.2, 0.25) is 0 Å². The molecular weight excluding hydrogens is 322 g/mol. The maximum atomic E-state index is 12.5. The van der Waals surface area contributed by atoms with Gasteiger partial charge in [0.1, 0.15) is 5.76 Å². The maximum Gasteiger partial charge on any atom is 0.254 e. The molecule has 26 heavy (non-hydrogen) atoms. The molecule has 130 valence electrons. The van der Waals surface area contributed by atoms with Crippen molar-refractivity contribution < 1.29 is 9.21 Å². The fourth-order valence-corrected chi connectivity index (χ4v) is 4.90. The summed E-state index contributed by atoms with van der Waals surface area (Å²) in [6.07, 6.45) is 2.66. The van der Waals surface area contributed by atoms with Crippen LogP contribution in [-0.4, -0.2) is 12.5 Å². The van der Waals surface area contributed by atoms with E-state index in [-0.39, 0.29) is 5.91 Å². The van der Waals surface area contributed by atoms with Crippen LogP contribution >= 0.6 is 0 Å². The minimum Gasteiger partial charge on any atom is -0.469 e. The molecule has 0 aliphatic heterocycles. The van der Waals surface area contributed by atoms with E-state index in [0.717, 1.165) is 6.42 Å². The Morgan fingerprint density at radius 2 is 1.62 bits per heavy atom. The van der Waals surface area contributed by atoms with Crippen molar-refractivity contribution in [3.63, 3.8) is 0 Å². The molecule has 0 spiro atoms. The molecule has 6 rings (SSSR count). The van der Waals surface area contributed by atoms with Crippen LogP contribution in [0.5, 0.6) is 0 Å². The number of hydrogen-bond donors (Lipinski definition) is 1. The monoisotopic (exact) mass is 343 g/mol. The third kappa shape index (κ3) is 2.23. The lowest BCUT2D eigenvalue weighted by molar-refractivity contribution is 0.0941. The fourth-order valence-electron chi connectivity index (χ4n) is 4.90. The van der Waals surface area contributed by atoms with Crippen molar-refractivity contribution in [3.8, 4) is 0 Å². The van der Waals surface area contributed by atoms with Crippen LogP contribution in [0.25, 0.3) is 0 Å². The highest BCUT2D eigenvalue weighted by atomic mass is 16.3. The van der Waals surface area contributed by atoms with Crippen LogP contribution in [0, 0.1) is 12.8 Å². The smallest absolute Gasteiger partial charge is 0.254 e. The van der Waals surface area contributed by atoms with Crippen LogP contribution in [-0.2, 0) is 0 Å². The summed E-state index contributed by atoms with van der Waals surface area (Å²) in [5.74, 6) is 1.84. The number of carbonyl (C=O) groups is 1. The van der Waals surface area contributed by atoms with E-state index < -0.39 is 0 Å². The van der Waals surface area contributed by atoms with Crippen LogP contribution < -0.4 is 5.32 Å². The highest BCUT2D eigenvalue weighted by Gasteiger charge is 2.42. The van der Waals surface area contributed by atoms with Crippen LogP contribution in [0.1, 0.15) is 56.6 Å². The second-order valence-electron chi connectivity index (χ2n) is 7.38. The van der Waals surface area contributed by atoms with Crippen molar-refractivity contribution in [2.75, 3.05) is 6.54 Å². The molecular formula is C23H21NO2. The Bertz CT molecular complexity index is 940. The molecule has 0 radical (unpaired) electrons. The lowest BCUT2D eigenvalue weighted by atomic mass is 9.59. The number of furan rings is 1. The molecule has 0 fully saturated rings. The van der Waals surface area contributed by atoms with E-state index in [0.29, 0.717) is 35.6 Å². The van der Waals surface area contributed by atoms with Gasteiger partial charge in [-0.1, -0.05) is 48.5 Å². The quantitative estimate of drug-likeness (QED) is 0.754. The number of nitrogens with one attached hydrogen (secondary N) is 1. The van der Waals surface area contributed by atoms with Gasteiger partial charge in [-0.2, -0.15) is 0 Å². The second kappa shape index (κ2) is 5.87. The number of aryl methyl sites for hydroxylation is 1. The summed E-state index contributed by atoms with van der Waals surface area (Å²) in [6.45, 7) is 2.51. The number of hydrogen-bond acceptors (Lipinski definition) is 2. The zero-order chi connectivity index (χ0) is 17.7. The normalized spacial score (nSPS) is 22.6. The average molecular weight is 343 g/mol. The van der Waals surface area contributed by atoms with E-state index in [1.165, 1.54) is 22.3 Å². The maximum absolute atomic E-state index is 12.5. The Labute approximate surface area is 153 Å². The van der Waals surface area contributed by atoms with E-state index in [1.807, 2.05) is 6.92 Å². The molecule has 0 saturated carbocycles. The van der Waals surface area contributed by atoms with Gasteiger partial charge >= 0.3 is 0 Å². The minimum atomic E-state index is -0.0423. The van der Waals surface area contributed by atoms with Crippen molar-refractivity contribution in [3.05, 3.63) is 94.4 Å². The van der Waals surface area contributed by atoms with E-state index in [4.69, 9.17) is 4.42 Å². The fraction of sp³-hybridized carbons (Fsp3) is 0.261. The van der Waals surface area contributed by atoms with Crippen LogP contribution in [0.15, 0.2) is 65.3 Å². The second-order valence-corrected chi connectivity index (χ2v) is 7.38. The Hall–Kier alpha value is -2.81. The molecule has 1 atom stereocenters. The highest BCUT2D eigenvalue weighted by molar-refractivity contribution is 5.95. The number of amides is 1. The lowest BCUT2D eigenvalue weighted by Gasteiger charge is -2.45. The summed E-state index contributed by atoms with van der Waals surface area (Å²) in [5, 5.41) is 3.14. The molecule has 3 aliphatic rings. The standard InChI is InChI=1S/C23H21NO2/c1-14-16(10-11-26-14)23(25)24-13-15-12-21-17-6-2-4-8-19(17)22(15)20-9-5-3-7-18(20)21/h2-11,15,21-22H,12-13H2,1H3,(H,24,25)/t15-,21?,22?/m1/s1. The summed E-state index contributed by atoms with van der Waals surface area (Å²) in [5.41, 5.74) is 6.42. The largest absolute Gasteiger partial charge is 0.469 e. The predicted octanol–water partition coefficient (Wildman–Crippen LogP) is 4.62. The molecule has 3 heteroatoms. The summed E-state index contributed by atoms with van der Waals surface area (Å²) in [7, 11) is 0. The van der Waals surface area contributed by atoms with Gasteiger partial charge in [-0.3, -0.25) is 4.79 Å². The molecule has 0 unspecified atom stereocenters. The predicted molar refractivity (Wildman–Crippen MR) is 100 cm³/mol.